The van der Waals surface area contributed by atoms with Crippen LogP contribution in [0.2, 0.25) is 0 Å². The fraction of sp³-hybridized carbons (Fsp3) is 0.500. The summed E-state index contributed by atoms with van der Waals surface area (Å²) >= 11 is 1.64. The number of nitrogens with one attached hydrogen (secondary N) is 1. The summed E-state index contributed by atoms with van der Waals surface area (Å²) in [4.78, 5) is 5.87. The van der Waals surface area contributed by atoms with Crippen molar-refractivity contribution in [3.05, 3.63) is 47.3 Å². The molecule has 3 rings (SSSR count). The first-order valence-corrected chi connectivity index (χ1v) is 12.9. The van der Waals surface area contributed by atoms with E-state index < -0.39 is 0 Å². The molecule has 2 aromatic carbocycles. The summed E-state index contributed by atoms with van der Waals surface area (Å²) in [5.74, 6) is 1.53. The molecule has 0 amide bonds. The first-order valence-electron chi connectivity index (χ1n) is 12.1. The molecule has 0 bridgehead atoms. The number of unbranched alkanes of at least 4 members (excludes halogenated alkanes) is 4. The van der Waals surface area contributed by atoms with Crippen molar-refractivity contribution in [1.82, 2.24) is 4.57 Å². The molecule has 1 unspecified atom stereocenters. The van der Waals surface area contributed by atoms with Crippen molar-refractivity contribution in [1.29, 1.82) is 5.53 Å². The highest BCUT2D eigenvalue weighted by Gasteiger charge is 2.17. The number of rotatable bonds is 14. The molecule has 6 nitrogen and oxygen atoms in total. The Balaban J connectivity index is 1.92. The largest absolute Gasteiger partial charge is 0.491 e. The molecule has 1 aromatic heterocycles. The summed E-state index contributed by atoms with van der Waals surface area (Å²) in [7, 11) is 0. The van der Waals surface area contributed by atoms with Crippen molar-refractivity contribution < 1.29 is 9.47 Å². The summed E-state index contributed by atoms with van der Waals surface area (Å²) in [5.41, 5.74) is 9.27. The zero-order valence-electron chi connectivity index (χ0n) is 20.0. The first-order chi connectivity index (χ1) is 16.2. The van der Waals surface area contributed by atoms with Gasteiger partial charge in [-0.15, -0.1) is 0 Å². The van der Waals surface area contributed by atoms with Crippen LogP contribution in [0.5, 0.6) is 11.5 Å². The van der Waals surface area contributed by atoms with Gasteiger partial charge in [-0.1, -0.05) is 69.1 Å². The normalized spacial score (nSPS) is 12.8. The van der Waals surface area contributed by atoms with Crippen LogP contribution in [0.1, 0.15) is 65.3 Å². The molecule has 7 heteroatoms. The second-order valence-electron chi connectivity index (χ2n) is 8.27. The van der Waals surface area contributed by atoms with Gasteiger partial charge in [0.25, 0.3) is 0 Å². The van der Waals surface area contributed by atoms with Crippen LogP contribution in [0.3, 0.4) is 0 Å². The molecule has 1 N–H and O–H groups in total. The van der Waals surface area contributed by atoms with Crippen molar-refractivity contribution in [2.45, 2.75) is 65.3 Å². The molecule has 0 aliphatic rings. The number of hydrogen-bond donors (Lipinski definition) is 1. The lowest BCUT2D eigenvalue weighted by molar-refractivity contribution is 0.261. The van der Waals surface area contributed by atoms with Crippen molar-refractivity contribution in [3.63, 3.8) is 0 Å². The van der Waals surface area contributed by atoms with Gasteiger partial charge in [0.05, 0.1) is 22.9 Å². The second-order valence-corrected chi connectivity index (χ2v) is 9.28. The predicted octanol–water partition coefficient (Wildman–Crippen LogP) is 7.67. The number of ether oxygens (including phenoxy) is 2. The quantitative estimate of drug-likeness (QED) is 0.195. The third kappa shape index (κ3) is 6.90. The number of nitrogens with zero attached hydrogens (tertiary/aromatic N) is 3. The lowest BCUT2D eigenvalue weighted by atomic mass is 10.2. The van der Waals surface area contributed by atoms with Gasteiger partial charge in [-0.25, -0.2) is 5.53 Å². The van der Waals surface area contributed by atoms with E-state index in [-0.39, 0.29) is 6.04 Å². The number of fused-ring (bicyclic) bond motifs is 1. The molecule has 0 fully saturated rings. The molecule has 1 atom stereocenters. The molecule has 0 aliphatic heterocycles. The number of thiazole rings is 1. The molecular formula is C26H36N4O2S. The van der Waals surface area contributed by atoms with Gasteiger partial charge in [0.2, 0.25) is 0 Å². The van der Waals surface area contributed by atoms with Gasteiger partial charge in [0.15, 0.2) is 4.80 Å². The van der Waals surface area contributed by atoms with E-state index in [0.717, 1.165) is 53.0 Å². The van der Waals surface area contributed by atoms with Crippen LogP contribution in [0.15, 0.2) is 52.6 Å². The van der Waals surface area contributed by atoms with Crippen LogP contribution in [0.4, 0.5) is 5.69 Å². The van der Waals surface area contributed by atoms with Crippen LogP contribution < -0.4 is 14.3 Å². The zero-order chi connectivity index (χ0) is 23.5. The van der Waals surface area contributed by atoms with Crippen LogP contribution in [-0.4, -0.2) is 24.3 Å². The minimum Gasteiger partial charge on any atom is -0.491 e. The number of aromatic nitrogens is 1. The molecule has 3 aromatic rings. The Morgan fingerprint density at radius 1 is 1.00 bits per heavy atom. The maximum Gasteiger partial charge on any atom is 0.186 e. The van der Waals surface area contributed by atoms with Crippen LogP contribution in [-0.2, 0) is 0 Å². The Hall–Kier alpha value is -2.67. The monoisotopic (exact) mass is 468 g/mol. The van der Waals surface area contributed by atoms with Gasteiger partial charge in [0.1, 0.15) is 23.8 Å². The predicted molar refractivity (Wildman–Crippen MR) is 136 cm³/mol. The molecule has 0 radical (unpaired) electrons. The van der Waals surface area contributed by atoms with E-state index in [1.165, 1.54) is 12.8 Å². The molecule has 0 spiro atoms. The zero-order valence-corrected chi connectivity index (χ0v) is 20.9. The van der Waals surface area contributed by atoms with Crippen molar-refractivity contribution in [2.75, 3.05) is 19.8 Å². The standard InChI is InChI=1S/C26H36N4O2S/c1-4-6-8-12-16-31-24-18-23-25(17-22(24)29-27)33-26(28-15-7-5-2)30(23)20(3)19-32-21-13-10-9-11-14-21/h9-11,13-14,17-18,20,27H,4-8,12,15-16,19H2,1-3H3/b28-26+,29-27?. The summed E-state index contributed by atoms with van der Waals surface area (Å²) in [5, 5.41) is 3.74. The van der Waals surface area contributed by atoms with E-state index in [0.29, 0.717) is 24.7 Å². The topological polar surface area (TPSA) is 72.0 Å². The fourth-order valence-corrected chi connectivity index (χ4v) is 4.81. The third-order valence-electron chi connectivity index (χ3n) is 5.52. The van der Waals surface area contributed by atoms with Crippen LogP contribution in [0, 0.1) is 5.53 Å². The average molecular weight is 469 g/mol. The van der Waals surface area contributed by atoms with Gasteiger partial charge in [0, 0.05) is 12.6 Å². The van der Waals surface area contributed by atoms with E-state index in [4.69, 9.17) is 20.0 Å². The third-order valence-corrected chi connectivity index (χ3v) is 6.57. The highest BCUT2D eigenvalue weighted by molar-refractivity contribution is 7.16. The van der Waals surface area contributed by atoms with Crippen molar-refractivity contribution in [3.8, 4) is 11.5 Å². The lowest BCUT2D eigenvalue weighted by Gasteiger charge is -2.17. The molecule has 178 valence electrons. The maximum atomic E-state index is 7.65. The fourth-order valence-electron chi connectivity index (χ4n) is 3.65. The van der Waals surface area contributed by atoms with E-state index in [1.54, 1.807) is 11.3 Å². The second kappa shape index (κ2) is 13.1. The van der Waals surface area contributed by atoms with Crippen molar-refractivity contribution in [2.24, 2.45) is 10.1 Å². The molecule has 1 heterocycles. The van der Waals surface area contributed by atoms with Gasteiger partial charge in [-0.3, -0.25) is 4.99 Å². The molecule has 0 saturated carbocycles. The molecule has 0 saturated heterocycles. The Morgan fingerprint density at radius 3 is 2.52 bits per heavy atom. The van der Waals surface area contributed by atoms with Gasteiger partial charge in [-0.2, -0.15) is 5.11 Å². The summed E-state index contributed by atoms with van der Waals surface area (Å²) in [6.45, 7) is 8.51. The van der Waals surface area contributed by atoms with Gasteiger partial charge in [-0.05, 0) is 38.0 Å². The number of para-hydroxylation sites is 1. The lowest BCUT2D eigenvalue weighted by Crippen LogP contribution is -2.24. The van der Waals surface area contributed by atoms with Crippen LogP contribution >= 0.6 is 11.3 Å². The molecule has 33 heavy (non-hydrogen) atoms. The minimum absolute atomic E-state index is 0.0792. The minimum atomic E-state index is 0.0792. The van der Waals surface area contributed by atoms with Crippen LogP contribution in [0.25, 0.3) is 10.2 Å². The number of hydrogen-bond acceptors (Lipinski definition) is 6. The summed E-state index contributed by atoms with van der Waals surface area (Å²) < 4.78 is 15.4. The SMILES string of the molecule is CCCCCCOc1cc2c(cc1N=N)s/c(=N/CCCC)n2C(C)COc1ccccc1. The van der Waals surface area contributed by atoms with E-state index in [2.05, 4.69) is 30.5 Å². The summed E-state index contributed by atoms with van der Waals surface area (Å²) in [6.07, 6.45) is 6.73. The highest BCUT2D eigenvalue weighted by Crippen LogP contribution is 2.35. The maximum absolute atomic E-state index is 7.65. The van der Waals surface area contributed by atoms with E-state index in [1.807, 2.05) is 42.5 Å². The highest BCUT2D eigenvalue weighted by atomic mass is 32.1. The molecular weight excluding hydrogens is 432 g/mol. The smallest absolute Gasteiger partial charge is 0.186 e. The summed E-state index contributed by atoms with van der Waals surface area (Å²) in [6, 6.07) is 14.0. The van der Waals surface area contributed by atoms with E-state index in [9.17, 15) is 0 Å². The Morgan fingerprint density at radius 2 is 1.79 bits per heavy atom. The van der Waals surface area contributed by atoms with Gasteiger partial charge >= 0.3 is 0 Å². The number of benzene rings is 2. The van der Waals surface area contributed by atoms with Gasteiger partial charge < -0.3 is 14.0 Å². The van der Waals surface area contributed by atoms with Crippen molar-refractivity contribution >= 4 is 27.2 Å². The Bertz CT molecular complexity index is 1080. The molecule has 0 aliphatic carbocycles. The first kappa shape index (κ1) is 25.0. The Kier molecular flexibility index (Phi) is 9.94. The average Bonchev–Trinajstić information content (AvgIpc) is 3.19. The van der Waals surface area contributed by atoms with E-state index >= 15 is 0 Å². The Labute approximate surface area is 200 Å².